The summed E-state index contributed by atoms with van der Waals surface area (Å²) >= 11 is 3.04. The third-order valence-corrected chi connectivity index (χ3v) is 7.10. The van der Waals surface area contributed by atoms with E-state index in [1.54, 1.807) is 11.3 Å². The standard InChI is InChI=1S/C23H20N4OS2/c1-15-24-21-22(30-15)20(17-9-3-2-4-10-17)25-26-23(21)29-14-19(28)27-13-7-11-16-8-5-6-12-18(16)27/h2-6,8-10,12H,7,11,13-14H2,1H3. The lowest BCUT2D eigenvalue weighted by Crippen LogP contribution is -2.36. The summed E-state index contributed by atoms with van der Waals surface area (Å²) in [7, 11) is 0. The molecule has 0 fully saturated rings. The zero-order chi connectivity index (χ0) is 20.5. The fourth-order valence-electron chi connectivity index (χ4n) is 3.80. The molecule has 0 N–H and O–H groups in total. The number of para-hydroxylation sites is 1. The highest BCUT2D eigenvalue weighted by molar-refractivity contribution is 8.00. The molecule has 1 aliphatic heterocycles. The van der Waals surface area contributed by atoms with Crippen LogP contribution in [0.1, 0.15) is 17.0 Å². The molecule has 0 aliphatic carbocycles. The normalized spacial score (nSPS) is 13.4. The van der Waals surface area contributed by atoms with Gasteiger partial charge in [0.05, 0.1) is 15.5 Å². The lowest BCUT2D eigenvalue weighted by molar-refractivity contribution is -0.116. The third kappa shape index (κ3) is 3.59. The third-order valence-electron chi connectivity index (χ3n) is 5.18. The molecule has 5 nitrogen and oxygen atoms in total. The zero-order valence-electron chi connectivity index (χ0n) is 16.5. The first-order valence-electron chi connectivity index (χ1n) is 9.91. The number of hydrogen-bond donors (Lipinski definition) is 0. The van der Waals surface area contributed by atoms with Gasteiger partial charge in [0.15, 0.2) is 0 Å². The Morgan fingerprint density at radius 2 is 1.90 bits per heavy atom. The quantitative estimate of drug-likeness (QED) is 0.418. The molecule has 150 valence electrons. The van der Waals surface area contributed by atoms with E-state index in [1.165, 1.54) is 17.3 Å². The van der Waals surface area contributed by atoms with E-state index >= 15 is 0 Å². The maximum Gasteiger partial charge on any atom is 0.237 e. The molecular weight excluding hydrogens is 412 g/mol. The number of aryl methyl sites for hydroxylation is 2. The Kier molecular flexibility index (Phi) is 5.23. The molecule has 0 atom stereocenters. The second-order valence-corrected chi connectivity index (χ2v) is 9.36. The van der Waals surface area contributed by atoms with Crippen LogP contribution in [0.25, 0.3) is 21.5 Å². The number of rotatable bonds is 4. The zero-order valence-corrected chi connectivity index (χ0v) is 18.2. The van der Waals surface area contributed by atoms with Crippen LogP contribution in [0.4, 0.5) is 5.69 Å². The molecule has 5 rings (SSSR count). The molecule has 0 saturated carbocycles. The van der Waals surface area contributed by atoms with Crippen molar-refractivity contribution in [1.29, 1.82) is 0 Å². The predicted molar refractivity (Wildman–Crippen MR) is 123 cm³/mol. The summed E-state index contributed by atoms with van der Waals surface area (Å²) in [5, 5.41) is 10.6. The van der Waals surface area contributed by atoms with Gasteiger partial charge < -0.3 is 4.90 Å². The number of nitrogens with zero attached hydrogens (tertiary/aromatic N) is 4. The highest BCUT2D eigenvalue weighted by Crippen LogP contribution is 2.35. The molecule has 1 amide bonds. The SMILES string of the molecule is Cc1nc2c(SCC(=O)N3CCCc4ccccc43)nnc(-c3ccccc3)c2s1. The number of aromatic nitrogens is 3. The van der Waals surface area contributed by atoms with Crippen molar-refractivity contribution >= 4 is 44.9 Å². The monoisotopic (exact) mass is 432 g/mol. The van der Waals surface area contributed by atoms with Gasteiger partial charge in [-0.3, -0.25) is 4.79 Å². The van der Waals surface area contributed by atoms with Crippen LogP contribution >= 0.6 is 23.1 Å². The molecule has 0 saturated heterocycles. The van der Waals surface area contributed by atoms with E-state index in [0.29, 0.717) is 10.8 Å². The maximum absolute atomic E-state index is 13.0. The van der Waals surface area contributed by atoms with Gasteiger partial charge in [-0.15, -0.1) is 21.5 Å². The Hall–Kier alpha value is -2.77. The lowest BCUT2D eigenvalue weighted by Gasteiger charge is -2.29. The van der Waals surface area contributed by atoms with Gasteiger partial charge in [0.1, 0.15) is 16.2 Å². The van der Waals surface area contributed by atoms with Crippen molar-refractivity contribution in [2.45, 2.75) is 24.8 Å². The molecule has 4 aromatic rings. The van der Waals surface area contributed by atoms with E-state index in [1.807, 2.05) is 60.4 Å². The molecule has 0 unspecified atom stereocenters. The number of thioether (sulfide) groups is 1. The number of fused-ring (bicyclic) bond motifs is 2. The van der Waals surface area contributed by atoms with Crippen molar-refractivity contribution < 1.29 is 4.79 Å². The van der Waals surface area contributed by atoms with Gasteiger partial charge in [0, 0.05) is 17.8 Å². The topological polar surface area (TPSA) is 59.0 Å². The van der Waals surface area contributed by atoms with Gasteiger partial charge in [-0.2, -0.15) is 0 Å². The Morgan fingerprint density at radius 1 is 1.10 bits per heavy atom. The highest BCUT2D eigenvalue weighted by Gasteiger charge is 2.23. The molecule has 1 aliphatic rings. The summed E-state index contributed by atoms with van der Waals surface area (Å²) in [6.07, 6.45) is 2.02. The summed E-state index contributed by atoms with van der Waals surface area (Å²) in [5.74, 6) is 0.417. The molecule has 0 radical (unpaired) electrons. The van der Waals surface area contributed by atoms with Crippen LogP contribution in [0.5, 0.6) is 0 Å². The average Bonchev–Trinajstić information content (AvgIpc) is 3.19. The van der Waals surface area contributed by atoms with E-state index in [2.05, 4.69) is 16.3 Å². The van der Waals surface area contributed by atoms with E-state index in [4.69, 9.17) is 4.98 Å². The second-order valence-electron chi connectivity index (χ2n) is 7.20. The van der Waals surface area contributed by atoms with Crippen molar-refractivity contribution in [3.05, 3.63) is 65.2 Å². The van der Waals surface area contributed by atoms with Crippen LogP contribution < -0.4 is 4.90 Å². The second kappa shape index (κ2) is 8.16. The number of thiazole rings is 1. The van der Waals surface area contributed by atoms with Crippen LogP contribution in [0.2, 0.25) is 0 Å². The first-order chi connectivity index (χ1) is 14.7. The largest absolute Gasteiger partial charge is 0.311 e. The Bertz CT molecular complexity index is 1220. The van der Waals surface area contributed by atoms with Crippen molar-refractivity contribution in [2.24, 2.45) is 0 Å². The molecule has 0 bridgehead atoms. The van der Waals surface area contributed by atoms with Crippen molar-refractivity contribution in [2.75, 3.05) is 17.2 Å². The molecule has 7 heteroatoms. The van der Waals surface area contributed by atoms with Gasteiger partial charge >= 0.3 is 0 Å². The number of anilines is 1. The number of amides is 1. The molecule has 3 heterocycles. The minimum atomic E-state index is 0.0983. The first kappa shape index (κ1) is 19.2. The Morgan fingerprint density at radius 3 is 2.77 bits per heavy atom. The average molecular weight is 433 g/mol. The molecule has 2 aromatic carbocycles. The van der Waals surface area contributed by atoms with Crippen LogP contribution in [0, 0.1) is 6.92 Å². The highest BCUT2D eigenvalue weighted by atomic mass is 32.2. The minimum Gasteiger partial charge on any atom is -0.311 e. The number of carbonyl (C=O) groups excluding carboxylic acids is 1. The van der Waals surface area contributed by atoms with Crippen molar-refractivity contribution in [3.63, 3.8) is 0 Å². The van der Waals surface area contributed by atoms with Crippen LogP contribution in [0.3, 0.4) is 0 Å². The lowest BCUT2D eigenvalue weighted by atomic mass is 10.0. The first-order valence-corrected chi connectivity index (χ1v) is 11.7. The molecule has 2 aromatic heterocycles. The van der Waals surface area contributed by atoms with Gasteiger partial charge in [0.2, 0.25) is 5.91 Å². The van der Waals surface area contributed by atoms with Crippen molar-refractivity contribution in [3.8, 4) is 11.3 Å². The fourth-order valence-corrected chi connectivity index (χ4v) is 5.59. The van der Waals surface area contributed by atoms with E-state index in [9.17, 15) is 4.79 Å². The number of benzene rings is 2. The van der Waals surface area contributed by atoms with Crippen LogP contribution in [0.15, 0.2) is 59.6 Å². The number of carbonyl (C=O) groups is 1. The Balaban J connectivity index is 1.41. The smallest absolute Gasteiger partial charge is 0.237 e. The summed E-state index contributed by atoms with van der Waals surface area (Å²) in [6.45, 7) is 2.75. The summed E-state index contributed by atoms with van der Waals surface area (Å²) in [4.78, 5) is 19.6. The minimum absolute atomic E-state index is 0.0983. The summed E-state index contributed by atoms with van der Waals surface area (Å²) in [5.41, 5.74) is 4.98. The molecular formula is C23H20N4OS2. The maximum atomic E-state index is 13.0. The van der Waals surface area contributed by atoms with Crippen molar-refractivity contribution in [1.82, 2.24) is 15.2 Å². The van der Waals surface area contributed by atoms with Crippen LogP contribution in [-0.2, 0) is 11.2 Å². The Labute approximate surface area is 183 Å². The molecule has 30 heavy (non-hydrogen) atoms. The van der Waals surface area contributed by atoms with E-state index in [0.717, 1.165) is 51.6 Å². The van der Waals surface area contributed by atoms with Gasteiger partial charge in [-0.25, -0.2) is 4.98 Å². The summed E-state index contributed by atoms with van der Waals surface area (Å²) in [6, 6.07) is 18.2. The summed E-state index contributed by atoms with van der Waals surface area (Å²) < 4.78 is 1.02. The van der Waals surface area contributed by atoms with Gasteiger partial charge in [0.25, 0.3) is 0 Å². The van der Waals surface area contributed by atoms with Gasteiger partial charge in [-0.05, 0) is 31.4 Å². The van der Waals surface area contributed by atoms with E-state index in [-0.39, 0.29) is 5.91 Å². The predicted octanol–water partition coefficient (Wildman–Crippen LogP) is 5.13. The number of hydrogen-bond acceptors (Lipinski definition) is 6. The van der Waals surface area contributed by atoms with E-state index < -0.39 is 0 Å². The van der Waals surface area contributed by atoms with Crippen LogP contribution in [-0.4, -0.2) is 33.4 Å². The molecule has 0 spiro atoms. The van der Waals surface area contributed by atoms with Gasteiger partial charge in [-0.1, -0.05) is 60.3 Å². The fraction of sp³-hybridized carbons (Fsp3) is 0.217.